The summed E-state index contributed by atoms with van der Waals surface area (Å²) in [7, 11) is -4.04. The molecule has 0 aromatic carbocycles. The number of rotatable bonds is 5. The van der Waals surface area contributed by atoms with Gasteiger partial charge in [0.05, 0.1) is 4.75 Å². The first-order chi connectivity index (χ1) is 6.46. The standard InChI is InChI=1S/C10H24O3SSi/c1-9(2,3)15-8-6-7-10(4,5)14(11,12)13/h6-8,15H2,1-5H3,(H,11,12,13). The van der Waals surface area contributed by atoms with Crippen LogP contribution in [0.2, 0.25) is 11.1 Å². The molecule has 5 heteroatoms. The van der Waals surface area contributed by atoms with Crippen molar-refractivity contribution in [1.82, 2.24) is 0 Å². The highest BCUT2D eigenvalue weighted by Gasteiger charge is 2.31. The molecule has 0 aromatic heterocycles. The Kier molecular flexibility index (Phi) is 5.01. The first-order valence-corrected chi connectivity index (χ1v) is 8.57. The van der Waals surface area contributed by atoms with Crippen molar-refractivity contribution < 1.29 is 13.0 Å². The molecule has 0 aliphatic rings. The summed E-state index contributed by atoms with van der Waals surface area (Å²) in [5.41, 5.74) is 0. The minimum atomic E-state index is -3.90. The van der Waals surface area contributed by atoms with Crippen molar-refractivity contribution in [2.45, 2.75) is 63.3 Å². The zero-order chi connectivity index (χ0) is 12.3. The van der Waals surface area contributed by atoms with E-state index in [4.69, 9.17) is 4.55 Å². The minimum absolute atomic E-state index is 0.140. The summed E-state index contributed by atoms with van der Waals surface area (Å²) in [6.07, 6.45) is 1.45. The quantitative estimate of drug-likeness (QED) is 0.464. The summed E-state index contributed by atoms with van der Waals surface area (Å²) < 4.78 is 30.0. The molecule has 0 aliphatic carbocycles. The molecule has 15 heavy (non-hydrogen) atoms. The van der Waals surface area contributed by atoms with Gasteiger partial charge in [0.2, 0.25) is 0 Å². The van der Waals surface area contributed by atoms with E-state index >= 15 is 0 Å². The lowest BCUT2D eigenvalue weighted by Crippen LogP contribution is -2.31. The van der Waals surface area contributed by atoms with Crippen LogP contribution < -0.4 is 0 Å². The fourth-order valence-corrected chi connectivity index (χ4v) is 3.30. The van der Waals surface area contributed by atoms with Crippen molar-refractivity contribution in [3.8, 4) is 0 Å². The van der Waals surface area contributed by atoms with Crippen molar-refractivity contribution in [1.29, 1.82) is 0 Å². The molecule has 0 bridgehead atoms. The van der Waals surface area contributed by atoms with E-state index in [1.54, 1.807) is 13.8 Å². The van der Waals surface area contributed by atoms with E-state index in [-0.39, 0.29) is 9.52 Å². The zero-order valence-electron chi connectivity index (χ0n) is 10.5. The molecule has 0 heterocycles. The molecule has 0 aliphatic heterocycles. The largest absolute Gasteiger partial charge is 0.285 e. The van der Waals surface area contributed by atoms with Crippen molar-refractivity contribution in [2.24, 2.45) is 0 Å². The van der Waals surface area contributed by atoms with Gasteiger partial charge < -0.3 is 0 Å². The Balaban J connectivity index is 3.98. The van der Waals surface area contributed by atoms with E-state index in [0.717, 1.165) is 12.5 Å². The summed E-state index contributed by atoms with van der Waals surface area (Å²) in [5.74, 6) is 0. The Labute approximate surface area is 96.2 Å². The van der Waals surface area contributed by atoms with E-state index in [2.05, 4.69) is 20.8 Å². The SMILES string of the molecule is CC(C)(C)[SiH2]CCCC(C)(C)S(=O)(=O)O. The fraction of sp³-hybridized carbons (Fsp3) is 1.00. The van der Waals surface area contributed by atoms with Crippen LogP contribution in [0.4, 0.5) is 0 Å². The second-order valence-corrected chi connectivity index (χ2v) is 11.4. The Morgan fingerprint density at radius 2 is 1.60 bits per heavy atom. The smallest absolute Gasteiger partial charge is 0.270 e. The van der Waals surface area contributed by atoms with Gasteiger partial charge in [-0.3, -0.25) is 4.55 Å². The van der Waals surface area contributed by atoms with Gasteiger partial charge >= 0.3 is 0 Å². The summed E-state index contributed by atoms with van der Waals surface area (Å²) >= 11 is 0. The molecule has 0 unspecified atom stereocenters. The third-order valence-corrected chi connectivity index (χ3v) is 6.61. The van der Waals surface area contributed by atoms with Gasteiger partial charge in [-0.05, 0) is 25.3 Å². The topological polar surface area (TPSA) is 54.4 Å². The molecule has 0 saturated carbocycles. The van der Waals surface area contributed by atoms with Gasteiger partial charge in [-0.25, -0.2) is 0 Å². The van der Waals surface area contributed by atoms with E-state index in [0.29, 0.717) is 11.5 Å². The van der Waals surface area contributed by atoms with E-state index in [9.17, 15) is 8.42 Å². The van der Waals surface area contributed by atoms with Crippen molar-refractivity contribution in [3.63, 3.8) is 0 Å². The molecule has 0 spiro atoms. The molecule has 3 nitrogen and oxygen atoms in total. The predicted molar refractivity (Wildman–Crippen MR) is 67.9 cm³/mol. The fourth-order valence-electron chi connectivity index (χ4n) is 1.34. The lowest BCUT2D eigenvalue weighted by Gasteiger charge is -2.22. The molecule has 0 radical (unpaired) electrons. The van der Waals surface area contributed by atoms with Gasteiger partial charge in [0.15, 0.2) is 0 Å². The van der Waals surface area contributed by atoms with Crippen LogP contribution in [-0.2, 0) is 10.1 Å². The van der Waals surface area contributed by atoms with E-state index in [1.165, 1.54) is 0 Å². The number of hydrogen-bond acceptors (Lipinski definition) is 2. The maximum atomic E-state index is 11.0. The van der Waals surface area contributed by atoms with Crippen LogP contribution in [0.5, 0.6) is 0 Å². The second kappa shape index (κ2) is 4.97. The Bertz CT molecular complexity index is 288. The minimum Gasteiger partial charge on any atom is -0.285 e. The van der Waals surface area contributed by atoms with Gasteiger partial charge in [-0.2, -0.15) is 8.42 Å². The first kappa shape index (κ1) is 15.1. The van der Waals surface area contributed by atoms with Gasteiger partial charge in [-0.15, -0.1) is 0 Å². The molecule has 1 N–H and O–H groups in total. The van der Waals surface area contributed by atoms with Crippen LogP contribution in [0, 0.1) is 0 Å². The molecule has 0 atom stereocenters. The maximum absolute atomic E-state index is 11.0. The molecule has 0 amide bonds. The predicted octanol–water partition coefficient (Wildman–Crippen LogP) is 2.24. The molecule has 0 saturated heterocycles. The molecule has 0 rings (SSSR count). The van der Waals surface area contributed by atoms with Gasteiger partial charge in [-0.1, -0.05) is 33.2 Å². The molecule has 0 aromatic rings. The van der Waals surface area contributed by atoms with Crippen LogP contribution in [-0.4, -0.2) is 27.2 Å². The molecule has 0 fully saturated rings. The third kappa shape index (κ3) is 6.32. The monoisotopic (exact) mass is 252 g/mol. The van der Waals surface area contributed by atoms with Gasteiger partial charge in [0, 0.05) is 9.52 Å². The summed E-state index contributed by atoms with van der Waals surface area (Å²) in [5, 5.41) is 0.433. The highest BCUT2D eigenvalue weighted by Crippen LogP contribution is 2.26. The van der Waals surface area contributed by atoms with E-state index < -0.39 is 14.9 Å². The van der Waals surface area contributed by atoms with E-state index in [1.807, 2.05) is 0 Å². The van der Waals surface area contributed by atoms with Crippen LogP contribution in [0.15, 0.2) is 0 Å². The van der Waals surface area contributed by atoms with Crippen LogP contribution in [0.1, 0.15) is 47.5 Å². The van der Waals surface area contributed by atoms with Crippen molar-refractivity contribution in [2.75, 3.05) is 0 Å². The summed E-state index contributed by atoms with van der Waals surface area (Å²) in [4.78, 5) is 0. The van der Waals surface area contributed by atoms with Crippen LogP contribution in [0.25, 0.3) is 0 Å². The normalized spacial score (nSPS) is 15.1. The Hall–Kier alpha value is 0.127. The van der Waals surface area contributed by atoms with Gasteiger partial charge in [0.1, 0.15) is 0 Å². The number of hydrogen-bond donors (Lipinski definition) is 1. The zero-order valence-corrected chi connectivity index (χ0v) is 12.7. The van der Waals surface area contributed by atoms with Crippen LogP contribution >= 0.6 is 0 Å². The Morgan fingerprint density at radius 1 is 1.13 bits per heavy atom. The average molecular weight is 252 g/mol. The first-order valence-electron chi connectivity index (χ1n) is 5.43. The molecular formula is C10H24O3SSi. The van der Waals surface area contributed by atoms with Gasteiger partial charge in [0.25, 0.3) is 10.1 Å². The highest BCUT2D eigenvalue weighted by atomic mass is 32.2. The highest BCUT2D eigenvalue weighted by molar-refractivity contribution is 7.87. The van der Waals surface area contributed by atoms with Crippen molar-refractivity contribution in [3.05, 3.63) is 0 Å². The lowest BCUT2D eigenvalue weighted by atomic mass is 10.1. The Morgan fingerprint density at radius 3 is 1.93 bits per heavy atom. The van der Waals surface area contributed by atoms with Crippen molar-refractivity contribution >= 4 is 19.6 Å². The maximum Gasteiger partial charge on any atom is 0.270 e. The van der Waals surface area contributed by atoms with Crippen LogP contribution in [0.3, 0.4) is 0 Å². The average Bonchev–Trinajstić information content (AvgIpc) is 1.94. The summed E-state index contributed by atoms with van der Waals surface area (Å²) in [6, 6.07) is 1.14. The summed E-state index contributed by atoms with van der Waals surface area (Å²) in [6.45, 7) is 9.86. The third-order valence-electron chi connectivity index (χ3n) is 2.65. The second-order valence-electron chi connectivity index (χ2n) is 6.00. The lowest BCUT2D eigenvalue weighted by molar-refractivity contribution is 0.429. The molecular weight excluding hydrogens is 228 g/mol. The molecule has 92 valence electrons.